The van der Waals surface area contributed by atoms with Crippen LogP contribution in [0.15, 0.2) is 35.7 Å². The molecule has 0 N–H and O–H groups in total. The highest BCUT2D eigenvalue weighted by atomic mass is 32.2. The predicted molar refractivity (Wildman–Crippen MR) is 123 cm³/mol. The van der Waals surface area contributed by atoms with Crippen molar-refractivity contribution in [3.05, 3.63) is 57.3 Å². The maximum Gasteiger partial charge on any atom is 0.238 e. The maximum absolute atomic E-state index is 13.3. The highest BCUT2D eigenvalue weighted by molar-refractivity contribution is 7.88. The number of rotatable bonds is 5. The lowest BCUT2D eigenvalue weighted by Crippen LogP contribution is -2.48. The minimum atomic E-state index is -3.46. The van der Waals surface area contributed by atoms with E-state index in [-0.39, 0.29) is 30.0 Å². The van der Waals surface area contributed by atoms with Gasteiger partial charge in [0.2, 0.25) is 15.9 Å². The van der Waals surface area contributed by atoms with E-state index in [4.69, 9.17) is 0 Å². The number of carbonyl (C=O) groups is 1. The molecule has 0 saturated carbocycles. The quantitative estimate of drug-likeness (QED) is 0.689. The second-order valence-corrected chi connectivity index (χ2v) is 12.2. The van der Waals surface area contributed by atoms with E-state index in [1.165, 1.54) is 14.7 Å². The van der Waals surface area contributed by atoms with Gasteiger partial charge in [0.25, 0.3) is 0 Å². The zero-order chi connectivity index (χ0) is 22.3. The lowest BCUT2D eigenvalue weighted by molar-refractivity contribution is -0.133. The fourth-order valence-electron chi connectivity index (χ4n) is 4.02. The van der Waals surface area contributed by atoms with E-state index in [0.717, 1.165) is 23.8 Å². The molecule has 164 valence electrons. The van der Waals surface area contributed by atoms with Crippen LogP contribution in [-0.4, -0.2) is 48.9 Å². The van der Waals surface area contributed by atoms with Gasteiger partial charge in [-0.1, -0.05) is 45.0 Å². The molecule has 0 spiro atoms. The average molecular weight is 449 g/mol. The molecule has 0 saturated heterocycles. The molecule has 1 aromatic heterocycles. The van der Waals surface area contributed by atoms with Crippen LogP contribution in [0.3, 0.4) is 0 Å². The minimum Gasteiger partial charge on any atom is -0.330 e. The van der Waals surface area contributed by atoms with Crippen molar-refractivity contribution >= 4 is 27.3 Å². The van der Waals surface area contributed by atoms with E-state index in [2.05, 4.69) is 56.5 Å². The van der Waals surface area contributed by atoms with Gasteiger partial charge in [-0.15, -0.1) is 11.3 Å². The molecule has 1 amide bonds. The Morgan fingerprint density at radius 2 is 1.83 bits per heavy atom. The van der Waals surface area contributed by atoms with Crippen molar-refractivity contribution in [1.29, 1.82) is 0 Å². The Labute approximate surface area is 184 Å². The SMILES string of the molecule is CC(C)N(CC(=O)N1CCc2sccc2[C@@H]1c1ccc(C(C)(C)C)cc1)S(C)(=O)=O. The van der Waals surface area contributed by atoms with E-state index in [0.29, 0.717) is 6.54 Å². The number of hydrogen-bond acceptors (Lipinski definition) is 4. The van der Waals surface area contributed by atoms with Crippen LogP contribution in [0.5, 0.6) is 0 Å². The molecule has 1 aliphatic heterocycles. The second kappa shape index (κ2) is 8.44. The fraction of sp³-hybridized carbons (Fsp3) is 0.522. The summed E-state index contributed by atoms with van der Waals surface area (Å²) in [6.45, 7) is 10.6. The normalized spacial score (nSPS) is 17.5. The molecular formula is C23H32N2O3S2. The fourth-order valence-corrected chi connectivity index (χ4v) is 6.03. The third-order valence-corrected chi connectivity index (χ3v) is 8.07. The molecule has 0 radical (unpaired) electrons. The highest BCUT2D eigenvalue weighted by Crippen LogP contribution is 2.38. The van der Waals surface area contributed by atoms with E-state index in [9.17, 15) is 13.2 Å². The van der Waals surface area contributed by atoms with E-state index < -0.39 is 10.0 Å². The lowest BCUT2D eigenvalue weighted by atomic mass is 9.85. The second-order valence-electron chi connectivity index (χ2n) is 9.31. The molecule has 5 nitrogen and oxygen atoms in total. The Morgan fingerprint density at radius 1 is 1.20 bits per heavy atom. The van der Waals surface area contributed by atoms with Crippen molar-refractivity contribution in [2.45, 2.75) is 58.5 Å². The van der Waals surface area contributed by atoms with Crippen LogP contribution in [0, 0.1) is 0 Å². The molecule has 2 heterocycles. The number of benzene rings is 1. The molecule has 0 fully saturated rings. The summed E-state index contributed by atoms with van der Waals surface area (Å²) in [5.74, 6) is -0.157. The summed E-state index contributed by atoms with van der Waals surface area (Å²) in [5.41, 5.74) is 3.51. The molecule has 7 heteroatoms. The Kier molecular flexibility index (Phi) is 6.46. The van der Waals surface area contributed by atoms with Crippen LogP contribution in [0.1, 0.15) is 62.2 Å². The summed E-state index contributed by atoms with van der Waals surface area (Å²) in [6, 6.07) is 10.1. The van der Waals surface area contributed by atoms with Crippen molar-refractivity contribution in [3.8, 4) is 0 Å². The van der Waals surface area contributed by atoms with E-state index in [1.807, 2.05) is 4.90 Å². The monoisotopic (exact) mass is 448 g/mol. The van der Waals surface area contributed by atoms with Crippen molar-refractivity contribution < 1.29 is 13.2 Å². The number of sulfonamides is 1. The largest absolute Gasteiger partial charge is 0.330 e. The molecule has 30 heavy (non-hydrogen) atoms. The van der Waals surface area contributed by atoms with Crippen molar-refractivity contribution in [1.82, 2.24) is 9.21 Å². The summed E-state index contributed by atoms with van der Waals surface area (Å²) in [6.07, 6.45) is 1.96. The van der Waals surface area contributed by atoms with Gasteiger partial charge in [0.1, 0.15) is 0 Å². The average Bonchev–Trinajstić information content (AvgIpc) is 3.12. The van der Waals surface area contributed by atoms with Crippen molar-refractivity contribution in [3.63, 3.8) is 0 Å². The summed E-state index contributed by atoms with van der Waals surface area (Å²) in [4.78, 5) is 16.5. The zero-order valence-corrected chi connectivity index (χ0v) is 20.3. The van der Waals surface area contributed by atoms with Gasteiger partial charge in [-0.05, 0) is 53.8 Å². The minimum absolute atomic E-state index is 0.0569. The molecule has 0 bridgehead atoms. The van der Waals surface area contributed by atoms with Gasteiger partial charge >= 0.3 is 0 Å². The zero-order valence-electron chi connectivity index (χ0n) is 18.7. The Hall–Kier alpha value is -1.70. The first-order valence-electron chi connectivity index (χ1n) is 10.3. The number of thiophene rings is 1. The number of hydrogen-bond donors (Lipinski definition) is 0. The number of amides is 1. The van der Waals surface area contributed by atoms with Crippen molar-refractivity contribution in [2.24, 2.45) is 0 Å². The number of fused-ring (bicyclic) bond motifs is 1. The molecule has 1 atom stereocenters. The molecule has 1 aliphatic rings. The summed E-state index contributed by atoms with van der Waals surface area (Å²) in [5, 5.41) is 2.08. The smallest absolute Gasteiger partial charge is 0.238 e. The summed E-state index contributed by atoms with van der Waals surface area (Å²) in [7, 11) is -3.46. The Balaban J connectivity index is 1.96. The van der Waals surface area contributed by atoms with Crippen molar-refractivity contribution in [2.75, 3.05) is 19.3 Å². The molecule has 0 aliphatic carbocycles. The topological polar surface area (TPSA) is 57.7 Å². The molecule has 3 rings (SSSR count). The van der Waals surface area contributed by atoms with Crippen LogP contribution >= 0.6 is 11.3 Å². The van der Waals surface area contributed by atoms with Gasteiger partial charge < -0.3 is 4.90 Å². The third-order valence-electron chi connectivity index (χ3n) is 5.67. The highest BCUT2D eigenvalue weighted by Gasteiger charge is 2.35. The van der Waals surface area contributed by atoms with Gasteiger partial charge in [-0.3, -0.25) is 4.79 Å². The predicted octanol–water partition coefficient (Wildman–Crippen LogP) is 4.19. The molecule has 1 aromatic carbocycles. The van der Waals surface area contributed by atoms with Crippen LogP contribution in [0.25, 0.3) is 0 Å². The summed E-state index contributed by atoms with van der Waals surface area (Å²) >= 11 is 1.72. The van der Waals surface area contributed by atoms with Gasteiger partial charge in [-0.25, -0.2) is 8.42 Å². The van der Waals surface area contributed by atoms with E-state index in [1.54, 1.807) is 25.2 Å². The lowest BCUT2D eigenvalue weighted by Gasteiger charge is -2.38. The third kappa shape index (κ3) is 4.79. The number of carbonyl (C=O) groups excluding carboxylic acids is 1. The van der Waals surface area contributed by atoms with Gasteiger partial charge in [0, 0.05) is 17.5 Å². The maximum atomic E-state index is 13.3. The van der Waals surface area contributed by atoms with Crippen LogP contribution in [-0.2, 0) is 26.7 Å². The first-order valence-corrected chi connectivity index (χ1v) is 13.1. The number of nitrogens with zero attached hydrogens (tertiary/aromatic N) is 2. The first kappa shape index (κ1) is 23.0. The van der Waals surface area contributed by atoms with Crippen LogP contribution in [0.4, 0.5) is 0 Å². The van der Waals surface area contributed by atoms with Gasteiger partial charge in [0.05, 0.1) is 18.8 Å². The van der Waals surface area contributed by atoms with Crippen LogP contribution in [0.2, 0.25) is 0 Å². The Bertz CT molecular complexity index is 1000. The first-order chi connectivity index (χ1) is 13.9. The molecule has 2 aromatic rings. The molecular weight excluding hydrogens is 416 g/mol. The van der Waals surface area contributed by atoms with Gasteiger partial charge in [0.15, 0.2) is 0 Å². The summed E-state index contributed by atoms with van der Waals surface area (Å²) < 4.78 is 25.7. The van der Waals surface area contributed by atoms with E-state index >= 15 is 0 Å². The molecule has 0 unspecified atom stereocenters. The Morgan fingerprint density at radius 3 is 2.37 bits per heavy atom. The standard InChI is InChI=1S/C23H32N2O3S2/c1-16(2)25(30(6,27)28)15-21(26)24-13-11-20-19(12-14-29-20)22(24)17-7-9-18(10-8-17)23(3,4)5/h7-10,12,14,16,22H,11,13,15H2,1-6H3/t22-/m0/s1. The van der Waals surface area contributed by atoms with Crippen LogP contribution < -0.4 is 0 Å². The van der Waals surface area contributed by atoms with Gasteiger partial charge in [-0.2, -0.15) is 4.31 Å².